The number of benzene rings is 1. The van der Waals surface area contributed by atoms with Crippen molar-refractivity contribution in [3.8, 4) is 0 Å². The number of nitrogens with zero attached hydrogens (tertiary/aromatic N) is 2. The van der Waals surface area contributed by atoms with Crippen LogP contribution < -0.4 is 11.1 Å². The average molecular weight is 359 g/mol. The first kappa shape index (κ1) is 19.2. The largest absolute Gasteiger partial charge is 0.399 e. The Morgan fingerprint density at radius 2 is 1.81 bits per heavy atom. The third-order valence-electron chi connectivity index (χ3n) is 6.24. The van der Waals surface area contributed by atoms with Crippen LogP contribution in [0.15, 0.2) is 24.3 Å². The zero-order chi connectivity index (χ0) is 18.4. The van der Waals surface area contributed by atoms with Crippen LogP contribution in [0, 0.1) is 0 Å². The number of nitrogens with two attached hydrogens (primary N) is 1. The molecular formula is C21H34N4O. The van der Waals surface area contributed by atoms with Crippen LogP contribution in [0.2, 0.25) is 0 Å². The first-order chi connectivity index (χ1) is 12.6. The van der Waals surface area contributed by atoms with Gasteiger partial charge in [0.05, 0.1) is 0 Å². The van der Waals surface area contributed by atoms with E-state index in [2.05, 4.69) is 22.2 Å². The molecule has 2 aliphatic rings. The van der Waals surface area contributed by atoms with Crippen LogP contribution in [0.25, 0.3) is 0 Å². The maximum absolute atomic E-state index is 12.5. The molecule has 0 aliphatic carbocycles. The van der Waals surface area contributed by atoms with Crippen LogP contribution in [0.3, 0.4) is 0 Å². The van der Waals surface area contributed by atoms with E-state index in [1.54, 1.807) is 0 Å². The lowest BCUT2D eigenvalue weighted by Gasteiger charge is -2.50. The summed E-state index contributed by atoms with van der Waals surface area (Å²) in [6.45, 7) is 5.38. The van der Waals surface area contributed by atoms with Crippen molar-refractivity contribution in [2.75, 3.05) is 45.5 Å². The minimum atomic E-state index is 0.142. The summed E-state index contributed by atoms with van der Waals surface area (Å²) < 4.78 is 0. The second-order valence-electron chi connectivity index (χ2n) is 8.05. The Labute approximate surface area is 157 Å². The molecule has 5 nitrogen and oxygen atoms in total. The van der Waals surface area contributed by atoms with E-state index in [0.717, 1.165) is 43.7 Å². The molecule has 0 atom stereocenters. The van der Waals surface area contributed by atoms with Crippen molar-refractivity contribution in [3.63, 3.8) is 0 Å². The topological polar surface area (TPSA) is 61.6 Å². The van der Waals surface area contributed by atoms with E-state index < -0.39 is 0 Å². The monoisotopic (exact) mass is 358 g/mol. The number of carbonyl (C=O) groups is 1. The van der Waals surface area contributed by atoms with Gasteiger partial charge >= 0.3 is 0 Å². The number of nitrogens with one attached hydrogen (secondary N) is 1. The van der Waals surface area contributed by atoms with Crippen molar-refractivity contribution in [2.24, 2.45) is 0 Å². The van der Waals surface area contributed by atoms with Crippen molar-refractivity contribution in [3.05, 3.63) is 29.8 Å². The number of anilines is 1. The second-order valence-corrected chi connectivity index (χ2v) is 8.05. The fourth-order valence-electron chi connectivity index (χ4n) is 4.37. The van der Waals surface area contributed by atoms with Crippen LogP contribution >= 0.6 is 0 Å². The fourth-order valence-corrected chi connectivity index (χ4v) is 4.37. The molecule has 0 bridgehead atoms. The fraction of sp³-hybridized carbons (Fsp3) is 0.667. The zero-order valence-corrected chi connectivity index (χ0v) is 16.2. The predicted octanol–water partition coefficient (Wildman–Crippen LogP) is 2.27. The number of hydrogen-bond donors (Lipinski definition) is 2. The third-order valence-corrected chi connectivity index (χ3v) is 6.24. The summed E-state index contributed by atoms with van der Waals surface area (Å²) in [5, 5.41) is 3.26. The Hall–Kier alpha value is -1.59. The van der Waals surface area contributed by atoms with Crippen molar-refractivity contribution in [1.82, 2.24) is 15.1 Å². The molecule has 1 amide bonds. The highest BCUT2D eigenvalue weighted by Gasteiger charge is 2.39. The van der Waals surface area contributed by atoms with E-state index >= 15 is 0 Å². The molecule has 0 radical (unpaired) electrons. The molecular weight excluding hydrogens is 324 g/mol. The maximum Gasteiger partial charge on any atom is 0.220 e. The molecule has 1 aromatic carbocycles. The van der Waals surface area contributed by atoms with Gasteiger partial charge in [-0.1, -0.05) is 24.6 Å². The van der Waals surface area contributed by atoms with Gasteiger partial charge in [-0.05, 0) is 77.0 Å². The summed E-state index contributed by atoms with van der Waals surface area (Å²) in [5.41, 5.74) is 7.97. The van der Waals surface area contributed by atoms with Crippen molar-refractivity contribution >= 4 is 11.6 Å². The average Bonchev–Trinajstić information content (AvgIpc) is 2.68. The van der Waals surface area contributed by atoms with E-state index in [9.17, 15) is 4.79 Å². The van der Waals surface area contributed by atoms with Gasteiger partial charge in [-0.3, -0.25) is 9.69 Å². The van der Waals surface area contributed by atoms with Crippen LogP contribution in [0.5, 0.6) is 0 Å². The SMILES string of the molecule is CN1CCC(CNC(=O)CCc2ccccc2N)(N2CCCCC2)CC1. The minimum Gasteiger partial charge on any atom is -0.399 e. The van der Waals surface area contributed by atoms with Crippen LogP contribution in [-0.4, -0.2) is 61.0 Å². The Morgan fingerprint density at radius 3 is 2.50 bits per heavy atom. The number of aryl methyl sites for hydroxylation is 1. The summed E-state index contributed by atoms with van der Waals surface area (Å²) in [6, 6.07) is 7.82. The Bertz CT molecular complexity index is 589. The van der Waals surface area contributed by atoms with Crippen molar-refractivity contribution < 1.29 is 4.79 Å². The minimum absolute atomic E-state index is 0.142. The third kappa shape index (κ3) is 4.77. The quantitative estimate of drug-likeness (QED) is 0.766. The number of carbonyl (C=O) groups excluding carboxylic acids is 1. The molecule has 2 aliphatic heterocycles. The molecule has 1 aromatic rings. The molecule has 0 unspecified atom stereocenters. The molecule has 0 saturated carbocycles. The van der Waals surface area contributed by atoms with Crippen LogP contribution in [0.1, 0.15) is 44.1 Å². The van der Waals surface area contributed by atoms with Gasteiger partial charge in [0.1, 0.15) is 0 Å². The highest BCUT2D eigenvalue weighted by molar-refractivity contribution is 5.76. The van der Waals surface area contributed by atoms with Gasteiger partial charge in [0, 0.05) is 24.2 Å². The number of rotatable bonds is 6. The molecule has 3 rings (SSSR count). The standard InChI is InChI=1S/C21H34N4O/c1-24-15-11-21(12-16-24,25-13-5-2-6-14-25)17-23-20(26)10-9-18-7-3-4-8-19(18)22/h3-4,7-8H,2,5-6,9-17,22H2,1H3,(H,23,26). The molecule has 2 heterocycles. The molecule has 0 aromatic heterocycles. The van der Waals surface area contributed by atoms with E-state index in [4.69, 9.17) is 5.73 Å². The number of piperidine rings is 2. The van der Waals surface area contributed by atoms with Gasteiger partial charge in [0.2, 0.25) is 5.91 Å². The van der Waals surface area contributed by atoms with Crippen molar-refractivity contribution in [2.45, 2.75) is 50.5 Å². The number of nitrogen functional groups attached to an aromatic ring is 1. The molecule has 0 spiro atoms. The van der Waals surface area contributed by atoms with Crippen LogP contribution in [-0.2, 0) is 11.2 Å². The normalized spacial score (nSPS) is 21.4. The Morgan fingerprint density at radius 1 is 1.12 bits per heavy atom. The van der Waals surface area contributed by atoms with Gasteiger partial charge in [-0.2, -0.15) is 0 Å². The predicted molar refractivity (Wildman–Crippen MR) is 107 cm³/mol. The lowest BCUT2D eigenvalue weighted by molar-refractivity contribution is -0.122. The van der Waals surface area contributed by atoms with Gasteiger partial charge in [-0.25, -0.2) is 0 Å². The summed E-state index contributed by atoms with van der Waals surface area (Å²) >= 11 is 0. The number of hydrogen-bond acceptors (Lipinski definition) is 4. The second kappa shape index (κ2) is 8.87. The van der Waals surface area contributed by atoms with E-state index in [1.165, 1.54) is 32.4 Å². The zero-order valence-electron chi connectivity index (χ0n) is 16.2. The highest BCUT2D eigenvalue weighted by atomic mass is 16.1. The van der Waals surface area contributed by atoms with E-state index in [-0.39, 0.29) is 11.4 Å². The van der Waals surface area contributed by atoms with E-state index in [0.29, 0.717) is 12.8 Å². The van der Waals surface area contributed by atoms with E-state index in [1.807, 2.05) is 24.3 Å². The van der Waals surface area contributed by atoms with Gasteiger partial charge in [-0.15, -0.1) is 0 Å². The Balaban J connectivity index is 1.55. The number of likely N-dealkylation sites (tertiary alicyclic amines) is 2. The lowest BCUT2D eigenvalue weighted by Crippen LogP contribution is -2.61. The van der Waals surface area contributed by atoms with Crippen LogP contribution in [0.4, 0.5) is 5.69 Å². The van der Waals surface area contributed by atoms with Gasteiger partial charge < -0.3 is 16.0 Å². The van der Waals surface area contributed by atoms with Gasteiger partial charge in [0.25, 0.3) is 0 Å². The van der Waals surface area contributed by atoms with Gasteiger partial charge in [0.15, 0.2) is 0 Å². The smallest absolute Gasteiger partial charge is 0.220 e. The summed E-state index contributed by atoms with van der Waals surface area (Å²) in [5.74, 6) is 0.142. The summed E-state index contributed by atoms with van der Waals surface area (Å²) in [6.07, 6.45) is 7.43. The molecule has 3 N–H and O–H groups in total. The lowest BCUT2D eigenvalue weighted by atomic mass is 9.84. The summed E-state index contributed by atoms with van der Waals surface area (Å²) in [7, 11) is 2.20. The maximum atomic E-state index is 12.5. The molecule has 2 fully saturated rings. The summed E-state index contributed by atoms with van der Waals surface area (Å²) in [4.78, 5) is 17.5. The molecule has 2 saturated heterocycles. The number of amides is 1. The van der Waals surface area contributed by atoms with Crippen molar-refractivity contribution in [1.29, 1.82) is 0 Å². The molecule has 144 valence electrons. The molecule has 5 heteroatoms. The Kier molecular flexibility index (Phi) is 6.54. The first-order valence-electron chi connectivity index (χ1n) is 10.1. The first-order valence-corrected chi connectivity index (χ1v) is 10.1. The number of para-hydroxylation sites is 1. The molecule has 26 heavy (non-hydrogen) atoms. The highest BCUT2D eigenvalue weighted by Crippen LogP contribution is 2.30.